The van der Waals surface area contributed by atoms with Crippen molar-refractivity contribution in [2.45, 2.75) is 13.0 Å². The number of furan rings is 1. The second-order valence-electron chi connectivity index (χ2n) is 7.07. The minimum atomic E-state index is -1.19. The number of ether oxygens (including phenoxy) is 1. The van der Waals surface area contributed by atoms with E-state index in [1.165, 1.54) is 25.3 Å². The van der Waals surface area contributed by atoms with Gasteiger partial charge in [-0.25, -0.2) is 8.78 Å². The van der Waals surface area contributed by atoms with Crippen LogP contribution in [0.4, 0.5) is 14.5 Å². The van der Waals surface area contributed by atoms with Crippen LogP contribution in [0.25, 0.3) is 5.76 Å². The van der Waals surface area contributed by atoms with E-state index < -0.39 is 35.1 Å². The fourth-order valence-electron chi connectivity index (χ4n) is 3.57. The number of rotatable bonds is 4. The van der Waals surface area contributed by atoms with Crippen LogP contribution in [0, 0.1) is 18.6 Å². The van der Waals surface area contributed by atoms with Gasteiger partial charge in [-0.05, 0) is 65.3 Å². The maximum Gasteiger partial charge on any atom is 0.300 e. The molecule has 1 fully saturated rings. The van der Waals surface area contributed by atoms with Gasteiger partial charge in [0, 0.05) is 17.3 Å². The lowest BCUT2D eigenvalue weighted by molar-refractivity contribution is -0.132. The number of methoxy groups -OCH3 is 1. The molecule has 1 N–H and O–H groups in total. The van der Waals surface area contributed by atoms with Crippen LogP contribution in [0.15, 0.2) is 63.0 Å². The van der Waals surface area contributed by atoms with Gasteiger partial charge in [0.25, 0.3) is 11.7 Å². The zero-order chi connectivity index (χ0) is 23.2. The Hall–Kier alpha value is -3.46. The van der Waals surface area contributed by atoms with E-state index in [1.54, 1.807) is 25.1 Å². The summed E-state index contributed by atoms with van der Waals surface area (Å²) in [6.07, 6.45) is 0. The zero-order valence-electron chi connectivity index (χ0n) is 16.9. The fraction of sp³-hybridized carbons (Fsp3) is 0.130. The third-order valence-electron chi connectivity index (χ3n) is 5.08. The molecule has 1 amide bonds. The summed E-state index contributed by atoms with van der Waals surface area (Å²) < 4.78 is 38.8. The first kappa shape index (κ1) is 21.8. The number of anilines is 1. The number of carbonyl (C=O) groups excluding carboxylic acids is 2. The van der Waals surface area contributed by atoms with Gasteiger partial charge < -0.3 is 14.3 Å². The van der Waals surface area contributed by atoms with Gasteiger partial charge in [0.15, 0.2) is 11.6 Å². The third kappa shape index (κ3) is 3.58. The van der Waals surface area contributed by atoms with Crippen LogP contribution in [-0.2, 0) is 9.59 Å². The zero-order valence-corrected chi connectivity index (χ0v) is 18.4. The molecule has 0 saturated carbocycles. The Labute approximate surface area is 189 Å². The average molecular weight is 504 g/mol. The number of Topliss-reactive ketones (excluding diaryl/α,β-unsaturated/α-hetero) is 1. The predicted molar refractivity (Wildman–Crippen MR) is 115 cm³/mol. The second kappa shape index (κ2) is 8.23. The molecule has 1 aromatic heterocycles. The molecule has 1 saturated heterocycles. The highest BCUT2D eigenvalue weighted by atomic mass is 79.9. The van der Waals surface area contributed by atoms with Crippen molar-refractivity contribution in [3.63, 3.8) is 0 Å². The molecule has 0 bridgehead atoms. The highest BCUT2D eigenvalue weighted by Crippen LogP contribution is 2.43. The molecule has 164 valence electrons. The van der Waals surface area contributed by atoms with Crippen molar-refractivity contribution in [1.82, 2.24) is 0 Å². The SMILES string of the molecule is COc1ccc(/C(O)=C2/C(=O)C(=O)N(c3ccc(F)c(F)c3)C2c2ccc(C)o2)cc1Br. The standard InChI is InChI=1S/C23H16BrF2NO5/c1-11-3-7-18(32-11)20-19(21(28)12-4-8-17(31-2)14(24)9-12)22(29)23(30)27(20)13-5-6-15(25)16(26)10-13/h3-10,20,28H,1-2H3/b21-19-. The number of carbonyl (C=O) groups is 2. The molecule has 1 atom stereocenters. The van der Waals surface area contributed by atoms with E-state index in [-0.39, 0.29) is 22.6 Å². The van der Waals surface area contributed by atoms with E-state index in [1.807, 2.05) is 0 Å². The van der Waals surface area contributed by atoms with Crippen molar-refractivity contribution in [1.29, 1.82) is 0 Å². The van der Waals surface area contributed by atoms with Gasteiger partial charge in [-0.3, -0.25) is 14.5 Å². The number of amides is 1. The minimum Gasteiger partial charge on any atom is -0.507 e. The third-order valence-corrected chi connectivity index (χ3v) is 5.70. The number of halogens is 3. The maximum atomic E-state index is 13.9. The van der Waals surface area contributed by atoms with E-state index in [0.717, 1.165) is 17.0 Å². The summed E-state index contributed by atoms with van der Waals surface area (Å²) in [6.45, 7) is 1.67. The van der Waals surface area contributed by atoms with Gasteiger partial charge in [-0.2, -0.15) is 0 Å². The molecule has 1 aliphatic rings. The van der Waals surface area contributed by atoms with E-state index >= 15 is 0 Å². The average Bonchev–Trinajstić information content (AvgIpc) is 3.30. The van der Waals surface area contributed by atoms with Crippen molar-refractivity contribution in [3.05, 3.63) is 87.3 Å². The first-order valence-electron chi connectivity index (χ1n) is 9.39. The monoisotopic (exact) mass is 503 g/mol. The molecular weight excluding hydrogens is 488 g/mol. The molecule has 2 heterocycles. The molecule has 0 radical (unpaired) electrons. The summed E-state index contributed by atoms with van der Waals surface area (Å²) >= 11 is 3.32. The van der Waals surface area contributed by atoms with Gasteiger partial charge >= 0.3 is 0 Å². The van der Waals surface area contributed by atoms with Crippen molar-refractivity contribution >= 4 is 39.1 Å². The number of hydrogen-bond acceptors (Lipinski definition) is 5. The van der Waals surface area contributed by atoms with E-state index in [0.29, 0.717) is 16.0 Å². The summed E-state index contributed by atoms with van der Waals surface area (Å²) in [5, 5.41) is 11.0. The quantitative estimate of drug-likeness (QED) is 0.298. The lowest BCUT2D eigenvalue weighted by Crippen LogP contribution is -2.29. The number of aryl methyl sites for hydroxylation is 1. The normalized spacial score (nSPS) is 17.8. The summed E-state index contributed by atoms with van der Waals surface area (Å²) in [4.78, 5) is 26.9. The summed E-state index contributed by atoms with van der Waals surface area (Å²) in [5.74, 6) is -3.54. The molecule has 3 aromatic rings. The van der Waals surface area contributed by atoms with Gasteiger partial charge in [0.05, 0.1) is 17.2 Å². The highest BCUT2D eigenvalue weighted by molar-refractivity contribution is 9.10. The molecule has 0 spiro atoms. The van der Waals surface area contributed by atoms with Crippen molar-refractivity contribution in [2.24, 2.45) is 0 Å². The summed E-state index contributed by atoms with van der Waals surface area (Å²) in [6, 6.07) is 9.47. The molecule has 0 aliphatic carbocycles. The highest BCUT2D eigenvalue weighted by Gasteiger charge is 2.48. The van der Waals surface area contributed by atoms with Crippen LogP contribution in [-0.4, -0.2) is 23.9 Å². The van der Waals surface area contributed by atoms with Gasteiger partial charge in [0.1, 0.15) is 29.1 Å². The van der Waals surface area contributed by atoms with Crippen LogP contribution >= 0.6 is 15.9 Å². The number of hydrogen-bond donors (Lipinski definition) is 1. The van der Waals surface area contributed by atoms with Gasteiger partial charge in [-0.15, -0.1) is 0 Å². The Bertz CT molecular complexity index is 1280. The van der Waals surface area contributed by atoms with Crippen LogP contribution in [0.5, 0.6) is 5.75 Å². The lowest BCUT2D eigenvalue weighted by Gasteiger charge is -2.23. The Morgan fingerprint density at radius 2 is 1.84 bits per heavy atom. The van der Waals surface area contributed by atoms with Crippen molar-refractivity contribution in [2.75, 3.05) is 12.0 Å². The van der Waals surface area contributed by atoms with Gasteiger partial charge in [-0.1, -0.05) is 0 Å². The largest absolute Gasteiger partial charge is 0.507 e. The number of nitrogens with zero attached hydrogens (tertiary/aromatic N) is 1. The molecule has 4 rings (SSSR count). The van der Waals surface area contributed by atoms with Crippen molar-refractivity contribution < 1.29 is 32.6 Å². The molecule has 1 unspecified atom stereocenters. The minimum absolute atomic E-state index is 0.0555. The topological polar surface area (TPSA) is 80.0 Å². The van der Waals surface area contributed by atoms with Crippen LogP contribution in [0.3, 0.4) is 0 Å². The Kier molecular flexibility index (Phi) is 5.60. The van der Waals surface area contributed by atoms with Crippen LogP contribution in [0.2, 0.25) is 0 Å². The summed E-state index contributed by atoms with van der Waals surface area (Å²) in [5.41, 5.74) is -0.0552. The maximum absolute atomic E-state index is 13.9. The van der Waals surface area contributed by atoms with Crippen LogP contribution < -0.4 is 9.64 Å². The van der Waals surface area contributed by atoms with Crippen LogP contribution in [0.1, 0.15) is 23.1 Å². The van der Waals surface area contributed by atoms with E-state index in [9.17, 15) is 23.5 Å². The second-order valence-corrected chi connectivity index (χ2v) is 7.92. The summed E-state index contributed by atoms with van der Waals surface area (Å²) in [7, 11) is 1.48. The molecule has 2 aromatic carbocycles. The van der Waals surface area contributed by atoms with Crippen molar-refractivity contribution in [3.8, 4) is 5.75 Å². The smallest absolute Gasteiger partial charge is 0.300 e. The Morgan fingerprint density at radius 3 is 2.44 bits per heavy atom. The molecule has 6 nitrogen and oxygen atoms in total. The fourth-order valence-corrected chi connectivity index (χ4v) is 4.11. The lowest BCUT2D eigenvalue weighted by atomic mass is 9.99. The first-order valence-corrected chi connectivity index (χ1v) is 10.2. The molecule has 9 heteroatoms. The number of ketones is 1. The molecular formula is C23H16BrF2NO5. The first-order chi connectivity index (χ1) is 15.2. The number of benzene rings is 2. The number of aliphatic hydroxyl groups is 1. The number of aliphatic hydroxyl groups excluding tert-OH is 1. The van der Waals surface area contributed by atoms with E-state index in [2.05, 4.69) is 15.9 Å². The Balaban J connectivity index is 1.93. The molecule has 32 heavy (non-hydrogen) atoms. The van der Waals surface area contributed by atoms with E-state index in [4.69, 9.17) is 9.15 Å². The van der Waals surface area contributed by atoms with Gasteiger partial charge in [0.2, 0.25) is 0 Å². The Morgan fingerprint density at radius 1 is 1.09 bits per heavy atom. The molecule has 1 aliphatic heterocycles. The predicted octanol–water partition coefficient (Wildman–Crippen LogP) is 5.26.